The molecule has 1 fully saturated rings. The van der Waals surface area contributed by atoms with Crippen LogP contribution in [-0.2, 0) is 20.9 Å². The van der Waals surface area contributed by atoms with Crippen LogP contribution in [0.1, 0.15) is 5.56 Å². The van der Waals surface area contributed by atoms with Crippen molar-refractivity contribution >= 4 is 17.6 Å². The van der Waals surface area contributed by atoms with Crippen molar-refractivity contribution in [1.82, 2.24) is 9.80 Å². The first-order valence-corrected chi connectivity index (χ1v) is 9.56. The van der Waals surface area contributed by atoms with E-state index >= 15 is 0 Å². The van der Waals surface area contributed by atoms with Gasteiger partial charge in [0, 0.05) is 38.4 Å². The molecule has 1 heterocycles. The first kappa shape index (κ1) is 19.9. The molecule has 1 aliphatic heterocycles. The zero-order valence-electron chi connectivity index (χ0n) is 16.3. The zero-order valence-corrected chi connectivity index (χ0v) is 16.3. The third-order valence-corrected chi connectivity index (χ3v) is 4.94. The van der Waals surface area contributed by atoms with Crippen LogP contribution in [-0.4, -0.2) is 68.1 Å². The minimum absolute atomic E-state index is 0.0487. The first-order valence-electron chi connectivity index (χ1n) is 9.56. The van der Waals surface area contributed by atoms with Gasteiger partial charge < -0.3 is 14.5 Å². The molecule has 28 heavy (non-hydrogen) atoms. The van der Waals surface area contributed by atoms with Crippen LogP contribution in [0.15, 0.2) is 60.7 Å². The SMILES string of the molecule is COC(=O)CN(CC(=O)N1CCN(c2ccccc2)CC1)Cc1ccccc1. The van der Waals surface area contributed by atoms with Crippen LogP contribution in [0.25, 0.3) is 0 Å². The van der Waals surface area contributed by atoms with E-state index < -0.39 is 0 Å². The number of carbonyl (C=O) groups is 2. The number of hydrogen-bond acceptors (Lipinski definition) is 5. The van der Waals surface area contributed by atoms with Crippen molar-refractivity contribution in [2.24, 2.45) is 0 Å². The smallest absolute Gasteiger partial charge is 0.319 e. The Bertz CT molecular complexity index is 759. The molecular weight excluding hydrogens is 354 g/mol. The third kappa shape index (κ3) is 5.57. The summed E-state index contributed by atoms with van der Waals surface area (Å²) in [5.74, 6) is -0.287. The summed E-state index contributed by atoms with van der Waals surface area (Å²) >= 11 is 0. The van der Waals surface area contributed by atoms with Gasteiger partial charge in [-0.2, -0.15) is 0 Å². The van der Waals surface area contributed by atoms with E-state index in [1.165, 1.54) is 12.8 Å². The van der Waals surface area contributed by atoms with Gasteiger partial charge in [0.15, 0.2) is 0 Å². The summed E-state index contributed by atoms with van der Waals surface area (Å²) in [5.41, 5.74) is 2.25. The van der Waals surface area contributed by atoms with E-state index in [0.29, 0.717) is 19.6 Å². The standard InChI is InChI=1S/C22H27N3O3/c1-28-22(27)18-23(16-19-8-4-2-5-9-19)17-21(26)25-14-12-24(13-15-25)20-10-6-3-7-11-20/h2-11H,12-18H2,1H3. The van der Waals surface area contributed by atoms with Crippen LogP contribution in [0.5, 0.6) is 0 Å². The Kier molecular flexibility index (Phi) is 7.03. The highest BCUT2D eigenvalue weighted by Crippen LogP contribution is 2.16. The van der Waals surface area contributed by atoms with E-state index in [9.17, 15) is 9.59 Å². The van der Waals surface area contributed by atoms with Crippen molar-refractivity contribution in [2.75, 3.05) is 51.3 Å². The van der Waals surface area contributed by atoms with Crippen molar-refractivity contribution in [3.8, 4) is 0 Å². The lowest BCUT2D eigenvalue weighted by Crippen LogP contribution is -2.51. The predicted molar refractivity (Wildman–Crippen MR) is 109 cm³/mol. The van der Waals surface area contributed by atoms with Crippen molar-refractivity contribution < 1.29 is 14.3 Å². The lowest BCUT2D eigenvalue weighted by Gasteiger charge is -2.37. The molecule has 0 saturated carbocycles. The second-order valence-corrected chi connectivity index (χ2v) is 6.91. The van der Waals surface area contributed by atoms with Crippen LogP contribution in [0.4, 0.5) is 5.69 Å². The summed E-state index contributed by atoms with van der Waals surface area (Å²) in [4.78, 5) is 30.6. The summed E-state index contributed by atoms with van der Waals surface area (Å²) in [6.45, 7) is 3.83. The van der Waals surface area contributed by atoms with Gasteiger partial charge in [-0.25, -0.2) is 0 Å². The van der Waals surface area contributed by atoms with Crippen molar-refractivity contribution in [1.29, 1.82) is 0 Å². The molecular formula is C22H27N3O3. The Morgan fingerprint density at radius 2 is 1.50 bits per heavy atom. The number of methoxy groups -OCH3 is 1. The number of carbonyl (C=O) groups excluding carboxylic acids is 2. The number of rotatable bonds is 7. The van der Waals surface area contributed by atoms with Crippen molar-refractivity contribution in [2.45, 2.75) is 6.54 Å². The number of esters is 1. The minimum atomic E-state index is -0.336. The highest BCUT2D eigenvalue weighted by atomic mass is 16.5. The number of amides is 1. The Morgan fingerprint density at radius 1 is 0.893 bits per heavy atom. The number of hydrogen-bond donors (Lipinski definition) is 0. The summed E-state index contributed by atoms with van der Waals surface area (Å²) in [6.07, 6.45) is 0. The molecule has 0 aromatic heterocycles. The molecule has 0 atom stereocenters. The van der Waals surface area contributed by atoms with Gasteiger partial charge in [0.1, 0.15) is 0 Å². The van der Waals surface area contributed by atoms with Crippen molar-refractivity contribution in [3.63, 3.8) is 0 Å². The topological polar surface area (TPSA) is 53.1 Å². The highest BCUT2D eigenvalue weighted by Gasteiger charge is 2.24. The quantitative estimate of drug-likeness (QED) is 0.687. The highest BCUT2D eigenvalue weighted by molar-refractivity contribution is 5.79. The molecule has 0 bridgehead atoms. The van der Waals surface area contributed by atoms with Crippen LogP contribution in [0, 0.1) is 0 Å². The van der Waals surface area contributed by atoms with Gasteiger partial charge in [-0.3, -0.25) is 14.5 Å². The lowest BCUT2D eigenvalue weighted by atomic mass is 10.2. The molecule has 2 aromatic rings. The molecule has 6 heteroatoms. The Balaban J connectivity index is 1.56. The molecule has 1 saturated heterocycles. The fourth-order valence-electron chi connectivity index (χ4n) is 3.40. The summed E-state index contributed by atoms with van der Waals surface area (Å²) in [5, 5.41) is 0. The fraction of sp³-hybridized carbons (Fsp3) is 0.364. The summed E-state index contributed by atoms with van der Waals surface area (Å²) in [7, 11) is 1.37. The molecule has 0 N–H and O–H groups in total. The van der Waals surface area contributed by atoms with E-state index in [0.717, 1.165) is 18.7 Å². The maximum Gasteiger partial charge on any atom is 0.319 e. The molecule has 1 aliphatic rings. The largest absolute Gasteiger partial charge is 0.468 e. The van der Waals surface area contributed by atoms with Crippen LogP contribution >= 0.6 is 0 Å². The van der Waals surface area contributed by atoms with E-state index in [4.69, 9.17) is 4.74 Å². The fourth-order valence-corrected chi connectivity index (χ4v) is 3.40. The van der Waals surface area contributed by atoms with Gasteiger partial charge in [0.25, 0.3) is 0 Å². The predicted octanol–water partition coefficient (Wildman–Crippen LogP) is 2.01. The van der Waals surface area contributed by atoms with Gasteiger partial charge >= 0.3 is 5.97 Å². The molecule has 1 amide bonds. The number of ether oxygens (including phenoxy) is 1. The van der Waals surface area contributed by atoms with Crippen molar-refractivity contribution in [3.05, 3.63) is 66.2 Å². The molecule has 0 aliphatic carbocycles. The number of nitrogens with zero attached hydrogens (tertiary/aromatic N) is 3. The van der Waals surface area contributed by atoms with Gasteiger partial charge in [-0.15, -0.1) is 0 Å². The maximum absolute atomic E-state index is 12.8. The average Bonchev–Trinajstić information content (AvgIpc) is 2.75. The van der Waals surface area contributed by atoms with Gasteiger partial charge in [-0.05, 0) is 17.7 Å². The summed E-state index contributed by atoms with van der Waals surface area (Å²) in [6, 6.07) is 20.1. The Morgan fingerprint density at radius 3 is 2.11 bits per heavy atom. The Labute approximate surface area is 166 Å². The number of piperazine rings is 1. The van der Waals surface area contributed by atoms with Crippen LogP contribution in [0.2, 0.25) is 0 Å². The van der Waals surface area contributed by atoms with E-state index in [-0.39, 0.29) is 25.0 Å². The monoisotopic (exact) mass is 381 g/mol. The van der Waals surface area contributed by atoms with E-state index in [1.54, 1.807) is 0 Å². The maximum atomic E-state index is 12.8. The number of benzene rings is 2. The second kappa shape index (κ2) is 9.90. The second-order valence-electron chi connectivity index (χ2n) is 6.91. The van der Waals surface area contributed by atoms with Crippen LogP contribution < -0.4 is 4.90 Å². The molecule has 6 nitrogen and oxygen atoms in total. The molecule has 0 spiro atoms. The molecule has 3 rings (SSSR count). The van der Waals surface area contributed by atoms with E-state index in [1.807, 2.05) is 58.3 Å². The van der Waals surface area contributed by atoms with Crippen LogP contribution in [0.3, 0.4) is 0 Å². The molecule has 0 unspecified atom stereocenters. The average molecular weight is 381 g/mol. The zero-order chi connectivity index (χ0) is 19.8. The molecule has 2 aromatic carbocycles. The van der Waals surface area contributed by atoms with Gasteiger partial charge in [0.05, 0.1) is 20.2 Å². The molecule has 0 radical (unpaired) electrons. The Hall–Kier alpha value is -2.86. The number of para-hydroxylation sites is 1. The molecule has 148 valence electrons. The normalized spacial score (nSPS) is 14.2. The summed E-state index contributed by atoms with van der Waals surface area (Å²) < 4.78 is 4.80. The first-order chi connectivity index (χ1) is 13.7. The van der Waals surface area contributed by atoms with E-state index in [2.05, 4.69) is 17.0 Å². The van der Waals surface area contributed by atoms with Gasteiger partial charge in [0.2, 0.25) is 5.91 Å². The number of anilines is 1. The minimum Gasteiger partial charge on any atom is -0.468 e. The third-order valence-electron chi connectivity index (χ3n) is 4.94. The lowest BCUT2D eigenvalue weighted by molar-refractivity contribution is -0.143. The van der Waals surface area contributed by atoms with Gasteiger partial charge in [-0.1, -0.05) is 48.5 Å².